The molecule has 2 fully saturated rings. The second-order valence-corrected chi connectivity index (χ2v) is 9.24. The molecule has 7 nitrogen and oxygen atoms in total. The molecule has 1 heterocycles. The van der Waals surface area contributed by atoms with Crippen molar-refractivity contribution in [2.24, 2.45) is 17.8 Å². The van der Waals surface area contributed by atoms with Crippen molar-refractivity contribution in [2.75, 3.05) is 16.8 Å². The molecule has 0 spiro atoms. The van der Waals surface area contributed by atoms with Gasteiger partial charge in [-0.15, -0.1) is 0 Å². The molecule has 3 amide bonds. The molecule has 0 unspecified atom stereocenters. The van der Waals surface area contributed by atoms with Crippen molar-refractivity contribution in [3.63, 3.8) is 0 Å². The maximum atomic E-state index is 12.9. The normalized spacial score (nSPS) is 22.4. The summed E-state index contributed by atoms with van der Waals surface area (Å²) < 4.78 is 6.00. The van der Waals surface area contributed by atoms with E-state index in [0.717, 1.165) is 10.9 Å². The highest BCUT2D eigenvalue weighted by Crippen LogP contribution is 2.42. The van der Waals surface area contributed by atoms with E-state index in [2.05, 4.69) is 28.2 Å². The highest BCUT2D eigenvalue weighted by molar-refractivity contribution is 9.10. The molecule has 1 aliphatic heterocycles. The van der Waals surface area contributed by atoms with Crippen molar-refractivity contribution in [2.45, 2.75) is 26.2 Å². The van der Waals surface area contributed by atoms with Crippen LogP contribution in [0.4, 0.5) is 11.4 Å². The molecule has 2 aliphatic rings. The van der Waals surface area contributed by atoms with Gasteiger partial charge in [0, 0.05) is 10.2 Å². The molecule has 3 atom stereocenters. The largest absolute Gasteiger partial charge is 0.452 e. The zero-order valence-corrected chi connectivity index (χ0v) is 19.1. The van der Waals surface area contributed by atoms with Crippen LogP contribution >= 0.6 is 15.9 Å². The van der Waals surface area contributed by atoms with Crippen LogP contribution in [0.25, 0.3) is 0 Å². The minimum Gasteiger partial charge on any atom is -0.452 e. The molecular weight excluding hydrogens is 476 g/mol. The van der Waals surface area contributed by atoms with Crippen molar-refractivity contribution >= 4 is 51.0 Å². The van der Waals surface area contributed by atoms with Crippen molar-refractivity contribution in [3.05, 3.63) is 58.6 Å². The molecule has 166 valence electrons. The van der Waals surface area contributed by atoms with Crippen LogP contribution in [0.3, 0.4) is 0 Å². The molecule has 4 rings (SSSR count). The van der Waals surface area contributed by atoms with E-state index in [1.54, 1.807) is 36.4 Å². The molecule has 1 saturated carbocycles. The summed E-state index contributed by atoms with van der Waals surface area (Å²) in [6, 6.07) is 13.2. The number of ether oxygens (including phenoxy) is 1. The van der Waals surface area contributed by atoms with Gasteiger partial charge in [0.15, 0.2) is 6.61 Å². The lowest BCUT2D eigenvalue weighted by molar-refractivity contribution is -0.122. The number of imide groups is 1. The molecule has 1 N–H and O–H groups in total. The van der Waals surface area contributed by atoms with Crippen LogP contribution in [-0.2, 0) is 19.1 Å². The third kappa shape index (κ3) is 4.60. The summed E-state index contributed by atoms with van der Waals surface area (Å²) >= 11 is 3.32. The Bertz CT molecular complexity index is 1070. The maximum absolute atomic E-state index is 12.9. The molecule has 8 heteroatoms. The van der Waals surface area contributed by atoms with Gasteiger partial charge in [0.05, 0.1) is 23.1 Å². The number of benzene rings is 2. The molecule has 2 aromatic carbocycles. The van der Waals surface area contributed by atoms with Gasteiger partial charge in [-0.25, -0.2) is 4.79 Å². The molecule has 1 saturated heterocycles. The molecule has 0 radical (unpaired) electrons. The summed E-state index contributed by atoms with van der Waals surface area (Å²) in [4.78, 5) is 51.5. The van der Waals surface area contributed by atoms with E-state index in [-0.39, 0.29) is 29.2 Å². The minimum atomic E-state index is -0.706. The third-order valence-electron chi connectivity index (χ3n) is 5.99. The molecule has 0 bridgehead atoms. The Labute approximate surface area is 194 Å². The number of fused-ring (bicyclic) bond motifs is 1. The highest BCUT2D eigenvalue weighted by atomic mass is 79.9. The summed E-state index contributed by atoms with van der Waals surface area (Å²) in [6.45, 7) is 1.64. The number of amides is 3. The lowest BCUT2D eigenvalue weighted by Crippen LogP contribution is -2.31. The number of halogens is 1. The van der Waals surface area contributed by atoms with Crippen molar-refractivity contribution in [3.8, 4) is 0 Å². The van der Waals surface area contributed by atoms with Crippen LogP contribution in [0.5, 0.6) is 0 Å². The summed E-state index contributed by atoms with van der Waals surface area (Å²) in [7, 11) is 0. The predicted octanol–water partition coefficient (Wildman–Crippen LogP) is 4.17. The van der Waals surface area contributed by atoms with Crippen LogP contribution in [0.15, 0.2) is 53.0 Å². The predicted molar refractivity (Wildman–Crippen MR) is 122 cm³/mol. The fourth-order valence-corrected chi connectivity index (χ4v) is 4.63. The van der Waals surface area contributed by atoms with Gasteiger partial charge in [-0.05, 0) is 67.6 Å². The van der Waals surface area contributed by atoms with E-state index in [0.29, 0.717) is 30.1 Å². The first-order valence-corrected chi connectivity index (χ1v) is 11.3. The van der Waals surface area contributed by atoms with Crippen LogP contribution in [0.1, 0.15) is 36.5 Å². The van der Waals surface area contributed by atoms with Crippen molar-refractivity contribution < 1.29 is 23.9 Å². The molecule has 32 heavy (non-hydrogen) atoms. The Hall–Kier alpha value is -3.00. The summed E-state index contributed by atoms with van der Waals surface area (Å²) in [6.07, 6.45) is 2.35. The maximum Gasteiger partial charge on any atom is 0.338 e. The number of nitrogens with one attached hydrogen (secondary N) is 1. The smallest absolute Gasteiger partial charge is 0.338 e. The summed E-state index contributed by atoms with van der Waals surface area (Å²) in [5.41, 5.74) is 1.11. The van der Waals surface area contributed by atoms with E-state index in [1.165, 1.54) is 17.0 Å². The first kappa shape index (κ1) is 22.2. The Kier molecular flexibility index (Phi) is 6.41. The topological polar surface area (TPSA) is 92.8 Å². The molecule has 2 aromatic rings. The number of hydrogen-bond donors (Lipinski definition) is 1. The van der Waals surface area contributed by atoms with Gasteiger partial charge in [-0.2, -0.15) is 0 Å². The number of rotatable bonds is 5. The first-order chi connectivity index (χ1) is 15.3. The molecular formula is C24H23BrN2O5. The lowest BCUT2D eigenvalue weighted by Gasteiger charge is -2.25. The number of carbonyl (C=O) groups excluding carboxylic acids is 4. The van der Waals surface area contributed by atoms with Crippen LogP contribution < -0.4 is 10.2 Å². The number of nitrogens with zero attached hydrogens (tertiary/aromatic N) is 1. The quantitative estimate of drug-likeness (QED) is 0.493. The van der Waals surface area contributed by atoms with Gasteiger partial charge in [-0.1, -0.05) is 28.9 Å². The SMILES string of the molecule is C[C@@H]1CC[C@@H]2C(=O)N(c3cccc(C(=O)OCC(=O)Nc4ccc(Br)cc4)c3)C(=O)[C@@H]2C1. The van der Waals surface area contributed by atoms with Gasteiger partial charge in [0.1, 0.15) is 0 Å². The summed E-state index contributed by atoms with van der Waals surface area (Å²) in [5, 5.41) is 2.64. The standard InChI is InChI=1S/C24H23BrN2O5/c1-14-5-10-19-20(11-14)23(30)27(22(19)29)18-4-2-3-15(12-18)24(31)32-13-21(28)26-17-8-6-16(25)7-9-17/h2-4,6-9,12,14,19-20H,5,10-11,13H2,1H3,(H,26,28)/t14-,19+,20-/m1/s1. The van der Waals surface area contributed by atoms with Crippen LogP contribution in [0.2, 0.25) is 0 Å². The second kappa shape index (κ2) is 9.24. The van der Waals surface area contributed by atoms with Gasteiger partial charge in [0.2, 0.25) is 11.8 Å². The van der Waals surface area contributed by atoms with Crippen molar-refractivity contribution in [1.29, 1.82) is 0 Å². The Morgan fingerprint density at radius 2 is 1.78 bits per heavy atom. The van der Waals surface area contributed by atoms with Gasteiger partial charge in [-0.3, -0.25) is 19.3 Å². The van der Waals surface area contributed by atoms with Crippen LogP contribution in [0, 0.1) is 17.8 Å². The highest BCUT2D eigenvalue weighted by Gasteiger charge is 2.50. The van der Waals surface area contributed by atoms with Crippen LogP contribution in [-0.4, -0.2) is 30.3 Å². The zero-order chi connectivity index (χ0) is 22.8. The van der Waals surface area contributed by atoms with E-state index in [9.17, 15) is 19.2 Å². The fourth-order valence-electron chi connectivity index (χ4n) is 4.36. The number of anilines is 2. The van der Waals surface area contributed by atoms with Gasteiger partial charge in [0.25, 0.3) is 5.91 Å². The fraction of sp³-hybridized carbons (Fsp3) is 0.333. The number of carbonyl (C=O) groups is 4. The average Bonchev–Trinajstić information content (AvgIpc) is 3.03. The second-order valence-electron chi connectivity index (χ2n) is 8.32. The lowest BCUT2D eigenvalue weighted by atomic mass is 9.76. The van der Waals surface area contributed by atoms with E-state index in [4.69, 9.17) is 4.74 Å². The first-order valence-electron chi connectivity index (χ1n) is 10.5. The molecule has 0 aromatic heterocycles. The van der Waals surface area contributed by atoms with Gasteiger partial charge >= 0.3 is 5.97 Å². The molecule has 1 aliphatic carbocycles. The van der Waals surface area contributed by atoms with E-state index >= 15 is 0 Å². The van der Waals surface area contributed by atoms with E-state index in [1.807, 2.05) is 0 Å². The van der Waals surface area contributed by atoms with E-state index < -0.39 is 18.5 Å². The average molecular weight is 499 g/mol. The number of esters is 1. The summed E-state index contributed by atoms with van der Waals surface area (Å²) in [5.74, 6) is -1.74. The monoisotopic (exact) mass is 498 g/mol. The third-order valence-corrected chi connectivity index (χ3v) is 6.52. The Morgan fingerprint density at radius 3 is 2.53 bits per heavy atom. The Balaban J connectivity index is 1.41. The zero-order valence-electron chi connectivity index (χ0n) is 17.5. The minimum absolute atomic E-state index is 0.169. The van der Waals surface area contributed by atoms with Gasteiger partial charge < -0.3 is 10.1 Å². The number of hydrogen-bond acceptors (Lipinski definition) is 5. The van der Waals surface area contributed by atoms with Crippen molar-refractivity contribution in [1.82, 2.24) is 0 Å². The Morgan fingerprint density at radius 1 is 1.06 bits per heavy atom.